The standard InChI is InChI=1S/C18H21F3N4O2S/c1-12-23-24-17(25(12)14-5-3-2-4-6-14)28-11-16(26)22-13-7-9-15(10-8-13)27-18(19,20)21/h7-10,14H,2-6,11H2,1H3,(H,22,26). The van der Waals surface area contributed by atoms with Gasteiger partial charge in [-0.2, -0.15) is 0 Å². The number of aryl methyl sites for hydroxylation is 1. The summed E-state index contributed by atoms with van der Waals surface area (Å²) in [5, 5.41) is 11.7. The van der Waals surface area contributed by atoms with Crippen molar-refractivity contribution in [3.8, 4) is 5.75 Å². The molecule has 6 nitrogen and oxygen atoms in total. The third-order valence-electron chi connectivity index (χ3n) is 4.48. The lowest BCUT2D eigenvalue weighted by atomic mass is 9.95. The number of ether oxygens (including phenoxy) is 1. The lowest BCUT2D eigenvalue weighted by Crippen LogP contribution is -2.18. The molecule has 1 heterocycles. The van der Waals surface area contributed by atoms with E-state index in [1.165, 1.54) is 43.2 Å². The predicted octanol–water partition coefficient (Wildman–Crippen LogP) is 4.72. The summed E-state index contributed by atoms with van der Waals surface area (Å²) in [6.45, 7) is 1.91. The van der Waals surface area contributed by atoms with Crippen LogP contribution in [-0.2, 0) is 4.79 Å². The zero-order valence-electron chi connectivity index (χ0n) is 15.3. The molecular weight excluding hydrogens is 393 g/mol. The highest BCUT2D eigenvalue weighted by Crippen LogP contribution is 2.32. The molecule has 0 bridgehead atoms. The van der Waals surface area contributed by atoms with Gasteiger partial charge >= 0.3 is 6.36 Å². The van der Waals surface area contributed by atoms with E-state index in [1.807, 2.05) is 6.92 Å². The van der Waals surface area contributed by atoms with Crippen LogP contribution in [0.5, 0.6) is 5.75 Å². The van der Waals surface area contributed by atoms with Crippen molar-refractivity contribution in [3.05, 3.63) is 30.1 Å². The molecule has 10 heteroatoms. The lowest BCUT2D eigenvalue weighted by molar-refractivity contribution is -0.274. The van der Waals surface area contributed by atoms with E-state index in [1.54, 1.807) is 0 Å². The van der Waals surface area contributed by atoms with Gasteiger partial charge in [0, 0.05) is 11.7 Å². The number of carbonyl (C=O) groups is 1. The number of thioether (sulfide) groups is 1. The minimum absolute atomic E-state index is 0.131. The number of amides is 1. The number of alkyl halides is 3. The molecule has 152 valence electrons. The van der Waals surface area contributed by atoms with Gasteiger partial charge in [0.05, 0.1) is 5.75 Å². The molecule has 1 aliphatic rings. The van der Waals surface area contributed by atoms with Gasteiger partial charge in [0.2, 0.25) is 5.91 Å². The number of rotatable bonds is 6. The molecule has 3 rings (SSSR count). The SMILES string of the molecule is Cc1nnc(SCC(=O)Nc2ccc(OC(F)(F)F)cc2)n1C1CCCCC1. The molecule has 0 atom stereocenters. The van der Waals surface area contributed by atoms with E-state index < -0.39 is 6.36 Å². The third-order valence-corrected chi connectivity index (χ3v) is 5.42. The minimum Gasteiger partial charge on any atom is -0.406 e. The maximum absolute atomic E-state index is 12.2. The molecular formula is C18H21F3N4O2S. The second kappa shape index (κ2) is 8.85. The molecule has 0 spiro atoms. The summed E-state index contributed by atoms with van der Waals surface area (Å²) in [6.07, 6.45) is 1.04. The fraction of sp³-hybridized carbons (Fsp3) is 0.500. The van der Waals surface area contributed by atoms with E-state index in [0.717, 1.165) is 30.8 Å². The monoisotopic (exact) mass is 414 g/mol. The molecule has 1 aliphatic carbocycles. The molecule has 1 saturated carbocycles. The highest BCUT2D eigenvalue weighted by molar-refractivity contribution is 7.99. The highest BCUT2D eigenvalue weighted by Gasteiger charge is 2.31. The zero-order chi connectivity index (χ0) is 20.1. The Kier molecular flexibility index (Phi) is 6.48. The summed E-state index contributed by atoms with van der Waals surface area (Å²) in [5.74, 6) is 0.363. The van der Waals surface area contributed by atoms with E-state index in [4.69, 9.17) is 0 Å². The molecule has 1 aromatic heterocycles. The number of hydrogen-bond donors (Lipinski definition) is 1. The number of benzene rings is 1. The summed E-state index contributed by atoms with van der Waals surface area (Å²) in [4.78, 5) is 12.2. The number of nitrogens with one attached hydrogen (secondary N) is 1. The Balaban J connectivity index is 1.55. The molecule has 28 heavy (non-hydrogen) atoms. The summed E-state index contributed by atoms with van der Waals surface area (Å²) < 4.78 is 42.4. The van der Waals surface area contributed by atoms with Crippen molar-refractivity contribution in [2.45, 2.75) is 56.6 Å². The van der Waals surface area contributed by atoms with Crippen molar-refractivity contribution >= 4 is 23.4 Å². The van der Waals surface area contributed by atoms with Gasteiger partial charge in [-0.15, -0.1) is 23.4 Å². The van der Waals surface area contributed by atoms with Gasteiger partial charge in [0.25, 0.3) is 0 Å². The van der Waals surface area contributed by atoms with Gasteiger partial charge in [0.1, 0.15) is 11.6 Å². The van der Waals surface area contributed by atoms with Crippen LogP contribution in [0.25, 0.3) is 0 Å². The van der Waals surface area contributed by atoms with Gasteiger partial charge < -0.3 is 14.6 Å². The molecule has 0 radical (unpaired) electrons. The summed E-state index contributed by atoms with van der Waals surface area (Å²) in [5.41, 5.74) is 0.394. The van der Waals surface area contributed by atoms with Crippen LogP contribution in [0, 0.1) is 6.92 Å². The van der Waals surface area contributed by atoms with Crippen molar-refractivity contribution in [1.82, 2.24) is 14.8 Å². The number of aromatic nitrogens is 3. The second-order valence-corrected chi connectivity index (χ2v) is 7.54. The van der Waals surface area contributed by atoms with Gasteiger partial charge in [-0.1, -0.05) is 31.0 Å². The minimum atomic E-state index is -4.74. The largest absolute Gasteiger partial charge is 0.573 e. The van der Waals surface area contributed by atoms with Crippen molar-refractivity contribution in [1.29, 1.82) is 0 Å². The second-order valence-electron chi connectivity index (χ2n) is 6.60. The van der Waals surface area contributed by atoms with E-state index in [0.29, 0.717) is 16.9 Å². The van der Waals surface area contributed by atoms with Gasteiger partial charge in [-0.05, 0) is 44.0 Å². The Morgan fingerprint density at radius 2 is 1.89 bits per heavy atom. The molecule has 1 N–H and O–H groups in total. The van der Waals surface area contributed by atoms with Gasteiger partial charge in [-0.3, -0.25) is 4.79 Å². The van der Waals surface area contributed by atoms with Crippen molar-refractivity contribution in [2.75, 3.05) is 11.1 Å². The fourth-order valence-corrected chi connectivity index (χ4v) is 4.13. The summed E-state index contributed by atoms with van der Waals surface area (Å²) >= 11 is 1.30. The first-order valence-corrected chi connectivity index (χ1v) is 10.0. The van der Waals surface area contributed by atoms with E-state index in [-0.39, 0.29) is 17.4 Å². The summed E-state index contributed by atoms with van der Waals surface area (Å²) in [7, 11) is 0. The van der Waals surface area contributed by atoms with Crippen LogP contribution < -0.4 is 10.1 Å². The van der Waals surface area contributed by atoms with Crippen molar-refractivity contribution in [2.24, 2.45) is 0 Å². The Bertz CT molecular complexity index is 802. The zero-order valence-corrected chi connectivity index (χ0v) is 16.1. The van der Waals surface area contributed by atoms with Crippen LogP contribution in [-0.4, -0.2) is 32.8 Å². The Hall–Kier alpha value is -2.23. The molecule has 0 aliphatic heterocycles. The summed E-state index contributed by atoms with van der Waals surface area (Å²) in [6, 6.07) is 5.39. The number of halogens is 3. The van der Waals surface area contributed by atoms with E-state index >= 15 is 0 Å². The quantitative estimate of drug-likeness (QED) is 0.693. The number of anilines is 1. The molecule has 1 fully saturated rings. The van der Waals surface area contributed by atoms with Crippen molar-refractivity contribution in [3.63, 3.8) is 0 Å². The topological polar surface area (TPSA) is 69.0 Å². The Labute approximate surface area is 164 Å². The maximum atomic E-state index is 12.2. The first-order valence-electron chi connectivity index (χ1n) is 9.02. The number of nitrogens with zero attached hydrogens (tertiary/aromatic N) is 3. The third kappa shape index (κ3) is 5.63. The van der Waals surface area contributed by atoms with Crippen LogP contribution in [0.15, 0.2) is 29.4 Å². The average molecular weight is 414 g/mol. The maximum Gasteiger partial charge on any atom is 0.573 e. The van der Waals surface area contributed by atoms with E-state index in [9.17, 15) is 18.0 Å². The smallest absolute Gasteiger partial charge is 0.406 e. The Morgan fingerprint density at radius 1 is 1.21 bits per heavy atom. The van der Waals surface area contributed by atoms with Gasteiger partial charge in [-0.25, -0.2) is 0 Å². The van der Waals surface area contributed by atoms with Crippen LogP contribution in [0.4, 0.5) is 18.9 Å². The van der Waals surface area contributed by atoms with Crippen LogP contribution in [0.1, 0.15) is 44.0 Å². The van der Waals surface area contributed by atoms with Crippen molar-refractivity contribution < 1.29 is 22.7 Å². The first-order chi connectivity index (χ1) is 13.3. The highest BCUT2D eigenvalue weighted by atomic mass is 32.2. The fourth-order valence-electron chi connectivity index (χ4n) is 3.28. The first kappa shape index (κ1) is 20.5. The molecule has 0 saturated heterocycles. The molecule has 1 amide bonds. The van der Waals surface area contributed by atoms with Crippen LogP contribution in [0.3, 0.4) is 0 Å². The predicted molar refractivity (Wildman–Crippen MR) is 99.4 cm³/mol. The molecule has 1 aromatic carbocycles. The average Bonchev–Trinajstić information content (AvgIpc) is 3.02. The van der Waals surface area contributed by atoms with Crippen LogP contribution in [0.2, 0.25) is 0 Å². The van der Waals surface area contributed by atoms with Gasteiger partial charge in [0.15, 0.2) is 5.16 Å². The molecule has 2 aromatic rings. The Morgan fingerprint density at radius 3 is 2.54 bits per heavy atom. The van der Waals surface area contributed by atoms with Crippen LogP contribution >= 0.6 is 11.8 Å². The lowest BCUT2D eigenvalue weighted by Gasteiger charge is -2.24. The van der Waals surface area contributed by atoms with E-state index in [2.05, 4.69) is 24.8 Å². The number of hydrogen-bond acceptors (Lipinski definition) is 5. The number of carbonyl (C=O) groups excluding carboxylic acids is 1. The normalized spacial score (nSPS) is 15.4. The molecule has 0 unspecified atom stereocenters.